The Morgan fingerprint density at radius 2 is 1.82 bits per heavy atom. The molecule has 0 aliphatic carbocycles. The third kappa shape index (κ3) is 4.75. The number of halogens is 1. The quantitative estimate of drug-likeness (QED) is 0.348. The number of benzene rings is 2. The van der Waals surface area contributed by atoms with Crippen molar-refractivity contribution in [1.29, 1.82) is 0 Å². The van der Waals surface area contributed by atoms with Crippen molar-refractivity contribution in [2.75, 3.05) is 11.4 Å². The van der Waals surface area contributed by atoms with Crippen LogP contribution in [0, 0.1) is 5.82 Å². The van der Waals surface area contributed by atoms with Gasteiger partial charge in [-0.1, -0.05) is 30.3 Å². The summed E-state index contributed by atoms with van der Waals surface area (Å²) in [4.78, 5) is 11.6. The van der Waals surface area contributed by atoms with Crippen molar-refractivity contribution in [2.45, 2.75) is 30.2 Å². The highest BCUT2D eigenvalue weighted by Crippen LogP contribution is 2.35. The van der Waals surface area contributed by atoms with Gasteiger partial charge in [0, 0.05) is 18.7 Å². The smallest absolute Gasteiger partial charge is 0.238 e. The lowest BCUT2D eigenvalue weighted by Gasteiger charge is -2.26. The van der Waals surface area contributed by atoms with Gasteiger partial charge in [-0.05, 0) is 72.5 Å². The zero-order chi connectivity index (χ0) is 26.3. The van der Waals surface area contributed by atoms with Gasteiger partial charge in [-0.2, -0.15) is 0 Å². The summed E-state index contributed by atoms with van der Waals surface area (Å²) in [5.41, 5.74) is 4.87. The number of pyridine rings is 1. The van der Waals surface area contributed by atoms with E-state index in [9.17, 15) is 12.8 Å². The van der Waals surface area contributed by atoms with Gasteiger partial charge in [0.25, 0.3) is 0 Å². The average Bonchev–Trinajstić information content (AvgIpc) is 3.56. The summed E-state index contributed by atoms with van der Waals surface area (Å²) in [6, 6.07) is 23.0. The number of anilines is 1. The molecule has 8 nitrogen and oxygen atoms in total. The summed E-state index contributed by atoms with van der Waals surface area (Å²) in [5.74, 6) is 0.565. The Balaban J connectivity index is 1.30. The molecule has 0 spiro atoms. The number of fused-ring (bicyclic) bond motifs is 1. The summed E-state index contributed by atoms with van der Waals surface area (Å²) in [6.07, 6.45) is 4.21. The van der Waals surface area contributed by atoms with Crippen molar-refractivity contribution < 1.29 is 12.8 Å². The van der Waals surface area contributed by atoms with Crippen LogP contribution in [0.25, 0.3) is 17.0 Å². The van der Waals surface area contributed by atoms with Gasteiger partial charge in [-0.25, -0.2) is 27.4 Å². The Bertz CT molecular complexity index is 1740. The topological polar surface area (TPSA) is 106 Å². The molecule has 0 bridgehead atoms. The van der Waals surface area contributed by atoms with E-state index in [-0.39, 0.29) is 16.8 Å². The third-order valence-electron chi connectivity index (χ3n) is 6.84. The van der Waals surface area contributed by atoms with Crippen LogP contribution >= 0.6 is 0 Å². The minimum Gasteiger partial charge on any atom is -0.348 e. The van der Waals surface area contributed by atoms with Gasteiger partial charge in [0.05, 0.1) is 22.8 Å². The molecule has 6 rings (SSSR count). The predicted molar refractivity (Wildman–Crippen MR) is 143 cm³/mol. The van der Waals surface area contributed by atoms with Crippen LogP contribution < -0.4 is 10.0 Å². The van der Waals surface area contributed by atoms with Crippen molar-refractivity contribution in [3.8, 4) is 11.4 Å². The number of hydrogen-bond acceptors (Lipinski definition) is 6. The number of rotatable bonds is 6. The molecule has 192 valence electrons. The molecule has 0 radical (unpaired) electrons. The highest BCUT2D eigenvalue weighted by molar-refractivity contribution is 7.89. The van der Waals surface area contributed by atoms with E-state index in [1.54, 1.807) is 35.0 Å². The molecule has 5 aromatic rings. The van der Waals surface area contributed by atoms with Crippen molar-refractivity contribution in [2.24, 2.45) is 5.14 Å². The average molecular weight is 529 g/mol. The SMILES string of the molecule is NS(=O)(=O)c1ccc(Cc2cccc(-c3cnc4ccc(N5CCCC5c5cccc(F)c5)nn34)n2)cc1. The van der Waals surface area contributed by atoms with Crippen LogP contribution in [0.3, 0.4) is 0 Å². The molecule has 1 unspecified atom stereocenters. The summed E-state index contributed by atoms with van der Waals surface area (Å²) >= 11 is 0. The van der Waals surface area contributed by atoms with E-state index in [1.807, 2.05) is 36.4 Å². The molecule has 1 aliphatic rings. The van der Waals surface area contributed by atoms with E-state index >= 15 is 0 Å². The van der Waals surface area contributed by atoms with Crippen LogP contribution in [0.4, 0.5) is 10.2 Å². The van der Waals surface area contributed by atoms with Crippen molar-refractivity contribution in [3.05, 3.63) is 108 Å². The lowest BCUT2D eigenvalue weighted by molar-refractivity contribution is 0.597. The van der Waals surface area contributed by atoms with E-state index in [1.165, 1.54) is 18.2 Å². The maximum absolute atomic E-state index is 13.9. The normalized spacial score (nSPS) is 15.8. The Hall–Kier alpha value is -4.15. The van der Waals surface area contributed by atoms with Crippen LogP contribution in [0.2, 0.25) is 0 Å². The zero-order valence-corrected chi connectivity index (χ0v) is 21.2. The fourth-order valence-electron chi connectivity index (χ4n) is 5.02. The number of hydrogen-bond donors (Lipinski definition) is 1. The Kier molecular flexibility index (Phi) is 6.13. The number of sulfonamides is 1. The highest BCUT2D eigenvalue weighted by Gasteiger charge is 2.28. The van der Waals surface area contributed by atoms with Gasteiger partial charge in [0.15, 0.2) is 5.65 Å². The summed E-state index contributed by atoms with van der Waals surface area (Å²) < 4.78 is 38.8. The summed E-state index contributed by atoms with van der Waals surface area (Å²) in [7, 11) is -3.73. The van der Waals surface area contributed by atoms with Crippen LogP contribution in [-0.4, -0.2) is 34.5 Å². The largest absolute Gasteiger partial charge is 0.348 e. The molecular formula is C28H25FN6O2S. The van der Waals surface area contributed by atoms with E-state index in [2.05, 4.69) is 9.88 Å². The maximum Gasteiger partial charge on any atom is 0.238 e. The molecular weight excluding hydrogens is 503 g/mol. The number of imidazole rings is 1. The molecule has 2 N–H and O–H groups in total. The second-order valence-corrected chi connectivity index (χ2v) is 11.0. The van der Waals surface area contributed by atoms with Gasteiger partial charge in [0.2, 0.25) is 10.0 Å². The molecule has 1 aliphatic heterocycles. The second-order valence-electron chi connectivity index (χ2n) is 9.39. The van der Waals surface area contributed by atoms with Gasteiger partial charge in [0.1, 0.15) is 17.3 Å². The fraction of sp³-hybridized carbons (Fsp3) is 0.179. The fourth-order valence-corrected chi connectivity index (χ4v) is 5.54. The second kappa shape index (κ2) is 9.62. The van der Waals surface area contributed by atoms with E-state index in [4.69, 9.17) is 15.2 Å². The van der Waals surface area contributed by atoms with Crippen molar-refractivity contribution in [1.82, 2.24) is 19.6 Å². The van der Waals surface area contributed by atoms with Crippen LogP contribution in [0.15, 0.2) is 90.0 Å². The molecule has 1 atom stereocenters. The van der Waals surface area contributed by atoms with Crippen molar-refractivity contribution >= 4 is 21.5 Å². The minimum absolute atomic E-state index is 0.0599. The van der Waals surface area contributed by atoms with Gasteiger partial charge < -0.3 is 4.90 Å². The lowest BCUT2D eigenvalue weighted by Crippen LogP contribution is -2.24. The maximum atomic E-state index is 13.9. The molecule has 10 heteroatoms. The molecule has 3 aromatic heterocycles. The highest BCUT2D eigenvalue weighted by atomic mass is 32.2. The van der Waals surface area contributed by atoms with Gasteiger partial charge in [-0.3, -0.25) is 4.98 Å². The molecule has 1 fully saturated rings. The zero-order valence-electron chi connectivity index (χ0n) is 20.4. The number of nitrogens with two attached hydrogens (primary N) is 1. The van der Waals surface area contributed by atoms with Crippen LogP contribution in [-0.2, 0) is 16.4 Å². The summed E-state index contributed by atoms with van der Waals surface area (Å²) in [6.45, 7) is 0.835. The number of aromatic nitrogens is 4. The first-order chi connectivity index (χ1) is 18.3. The standard InChI is InChI=1S/C28H25FN6O2S/c29-21-5-1-4-20(17-21)25-8-3-15-34(25)28-14-13-27-31-18-26(35(27)33-28)24-7-2-6-22(32-24)16-19-9-11-23(12-10-19)38(30,36)37/h1-2,4-7,9-14,17-18,25H,3,8,15-16H2,(H2,30,36,37). The molecule has 0 amide bonds. The van der Waals surface area contributed by atoms with Crippen molar-refractivity contribution in [3.63, 3.8) is 0 Å². The van der Waals surface area contributed by atoms with E-state index < -0.39 is 10.0 Å². The molecule has 4 heterocycles. The number of nitrogens with zero attached hydrogens (tertiary/aromatic N) is 5. The molecule has 0 saturated carbocycles. The van der Waals surface area contributed by atoms with Gasteiger partial charge in [-0.15, -0.1) is 5.10 Å². The van der Waals surface area contributed by atoms with Crippen LogP contribution in [0.5, 0.6) is 0 Å². The Morgan fingerprint density at radius 3 is 2.61 bits per heavy atom. The molecule has 2 aromatic carbocycles. The predicted octanol–water partition coefficient (Wildman–Crippen LogP) is 4.51. The van der Waals surface area contributed by atoms with Gasteiger partial charge >= 0.3 is 0 Å². The van der Waals surface area contributed by atoms with Crippen LogP contribution in [0.1, 0.15) is 35.7 Å². The first-order valence-electron chi connectivity index (χ1n) is 12.3. The minimum atomic E-state index is -3.73. The Morgan fingerprint density at radius 1 is 1.00 bits per heavy atom. The first kappa shape index (κ1) is 24.2. The monoisotopic (exact) mass is 528 g/mol. The third-order valence-corrected chi connectivity index (χ3v) is 7.76. The van der Waals surface area contributed by atoms with E-state index in [0.29, 0.717) is 12.1 Å². The Labute approximate surface area is 219 Å². The lowest BCUT2D eigenvalue weighted by atomic mass is 10.0. The molecule has 38 heavy (non-hydrogen) atoms. The van der Waals surface area contributed by atoms with E-state index in [0.717, 1.165) is 53.4 Å². The first-order valence-corrected chi connectivity index (χ1v) is 13.8. The summed E-state index contributed by atoms with van der Waals surface area (Å²) in [5, 5.41) is 10.1. The molecule has 1 saturated heterocycles. The number of primary sulfonamides is 1.